The van der Waals surface area contributed by atoms with Gasteiger partial charge in [-0.05, 0) is 31.2 Å². The third kappa shape index (κ3) is 4.27. The van der Waals surface area contributed by atoms with Crippen molar-refractivity contribution >= 4 is 34.4 Å². The molecule has 0 unspecified atom stereocenters. The molecule has 0 radical (unpaired) electrons. The number of anilines is 1. The number of rotatable bonds is 6. The van der Waals surface area contributed by atoms with Crippen LogP contribution in [0, 0.1) is 0 Å². The van der Waals surface area contributed by atoms with Gasteiger partial charge in [-0.15, -0.1) is 0 Å². The molecule has 2 atom stereocenters. The predicted molar refractivity (Wildman–Crippen MR) is 108 cm³/mol. The van der Waals surface area contributed by atoms with Gasteiger partial charge >= 0.3 is 5.97 Å². The Labute approximate surface area is 172 Å². The topological polar surface area (TPSA) is 107 Å². The van der Waals surface area contributed by atoms with Gasteiger partial charge in [-0.2, -0.15) is 0 Å². The molecule has 3 aromatic rings. The molecule has 0 saturated heterocycles. The summed E-state index contributed by atoms with van der Waals surface area (Å²) in [5.74, 6) is -0.542. The number of ether oxygens (including phenoxy) is 2. The summed E-state index contributed by atoms with van der Waals surface area (Å²) in [6.07, 6.45) is -1.31. The Morgan fingerprint density at radius 3 is 2.77 bits per heavy atom. The van der Waals surface area contributed by atoms with Gasteiger partial charge in [0.15, 0.2) is 12.7 Å². The molecule has 2 N–H and O–H groups in total. The molecule has 0 bridgehead atoms. The zero-order valence-electron chi connectivity index (χ0n) is 16.2. The van der Waals surface area contributed by atoms with Crippen molar-refractivity contribution in [2.75, 3.05) is 11.9 Å². The molecule has 0 aliphatic carbocycles. The lowest BCUT2D eigenvalue weighted by molar-refractivity contribution is -0.151. The Hall–Kier alpha value is -3.81. The third-order valence-electron chi connectivity index (χ3n) is 4.67. The van der Waals surface area contributed by atoms with E-state index >= 15 is 0 Å². The summed E-state index contributed by atoms with van der Waals surface area (Å²) in [5.41, 5.74) is 1.28. The standard InChI is InChI=1S/C22H20N2O6/c1-13(18-10-14-6-2-4-8-16(14)29-18)23-20(25)12-28-21(26)11-19-22(27)24-15-7-3-5-9-17(15)30-19/h2-10,13,19H,11-12H2,1H3,(H,23,25)(H,24,27)/t13-,19+/m1/s1. The number of fused-ring (bicyclic) bond motifs is 2. The molecule has 2 heterocycles. The number of nitrogens with one attached hydrogen (secondary N) is 2. The summed E-state index contributed by atoms with van der Waals surface area (Å²) in [4.78, 5) is 36.3. The third-order valence-corrected chi connectivity index (χ3v) is 4.67. The first-order valence-electron chi connectivity index (χ1n) is 9.49. The van der Waals surface area contributed by atoms with Crippen LogP contribution < -0.4 is 15.4 Å². The van der Waals surface area contributed by atoms with E-state index in [1.54, 1.807) is 31.2 Å². The largest absolute Gasteiger partial charge is 0.478 e. The van der Waals surface area contributed by atoms with Crippen molar-refractivity contribution in [3.8, 4) is 5.75 Å². The second-order valence-electron chi connectivity index (χ2n) is 6.93. The first kappa shape index (κ1) is 19.5. The molecule has 8 heteroatoms. The maximum atomic E-state index is 12.1. The maximum absolute atomic E-state index is 12.1. The van der Waals surface area contributed by atoms with E-state index in [9.17, 15) is 14.4 Å². The van der Waals surface area contributed by atoms with Gasteiger partial charge in [0.05, 0.1) is 18.2 Å². The van der Waals surface area contributed by atoms with Crippen LogP contribution >= 0.6 is 0 Å². The van der Waals surface area contributed by atoms with Crippen LogP contribution in [-0.4, -0.2) is 30.5 Å². The van der Waals surface area contributed by atoms with E-state index in [1.165, 1.54) is 0 Å². The summed E-state index contributed by atoms with van der Waals surface area (Å²) >= 11 is 0. The number of carbonyl (C=O) groups is 3. The van der Waals surface area contributed by atoms with Gasteiger partial charge in [0.1, 0.15) is 17.1 Å². The maximum Gasteiger partial charge on any atom is 0.310 e. The molecule has 30 heavy (non-hydrogen) atoms. The van der Waals surface area contributed by atoms with Gasteiger partial charge in [0.2, 0.25) is 0 Å². The SMILES string of the molecule is C[C@@H](NC(=O)COC(=O)C[C@@H]1Oc2ccccc2NC1=O)c1cc2ccccc2o1. The van der Waals surface area contributed by atoms with E-state index in [0.29, 0.717) is 17.2 Å². The highest BCUT2D eigenvalue weighted by atomic mass is 16.5. The number of amides is 2. The van der Waals surface area contributed by atoms with Crippen LogP contribution in [0.2, 0.25) is 0 Å². The van der Waals surface area contributed by atoms with Gasteiger partial charge in [0, 0.05) is 5.39 Å². The van der Waals surface area contributed by atoms with Gasteiger partial charge in [-0.1, -0.05) is 30.3 Å². The van der Waals surface area contributed by atoms with Gasteiger partial charge in [0.25, 0.3) is 11.8 Å². The van der Waals surface area contributed by atoms with E-state index in [4.69, 9.17) is 13.9 Å². The van der Waals surface area contributed by atoms with Crippen LogP contribution in [0.3, 0.4) is 0 Å². The first-order valence-corrected chi connectivity index (χ1v) is 9.49. The summed E-state index contributed by atoms with van der Waals surface area (Å²) in [6.45, 7) is 1.31. The van der Waals surface area contributed by atoms with Crippen LogP contribution in [0.25, 0.3) is 11.0 Å². The van der Waals surface area contributed by atoms with Crippen LogP contribution in [-0.2, 0) is 19.1 Å². The van der Waals surface area contributed by atoms with E-state index in [1.807, 2.05) is 30.3 Å². The molecule has 1 aliphatic rings. The van der Waals surface area contributed by atoms with Crippen LogP contribution in [0.4, 0.5) is 5.69 Å². The Morgan fingerprint density at radius 2 is 1.93 bits per heavy atom. The van der Waals surface area contributed by atoms with Crippen molar-refractivity contribution in [3.63, 3.8) is 0 Å². The lowest BCUT2D eigenvalue weighted by Crippen LogP contribution is -2.39. The Bertz CT molecular complexity index is 1070. The number of furan rings is 1. The van der Waals surface area contributed by atoms with Gasteiger partial charge in [-0.25, -0.2) is 0 Å². The molecule has 1 aliphatic heterocycles. The minimum Gasteiger partial charge on any atom is -0.478 e. The summed E-state index contributed by atoms with van der Waals surface area (Å²) in [6, 6.07) is 15.9. The highest BCUT2D eigenvalue weighted by molar-refractivity contribution is 5.99. The van der Waals surface area contributed by atoms with Crippen molar-refractivity contribution in [2.45, 2.75) is 25.5 Å². The molecule has 2 aromatic carbocycles. The highest BCUT2D eigenvalue weighted by Crippen LogP contribution is 2.29. The molecular formula is C22H20N2O6. The van der Waals surface area contributed by atoms with Crippen molar-refractivity contribution in [2.24, 2.45) is 0 Å². The van der Waals surface area contributed by atoms with Gasteiger partial charge in [-0.3, -0.25) is 14.4 Å². The molecule has 0 spiro atoms. The number of benzene rings is 2. The molecule has 1 aromatic heterocycles. The number of hydrogen-bond acceptors (Lipinski definition) is 6. The lowest BCUT2D eigenvalue weighted by Gasteiger charge is -2.25. The van der Waals surface area contributed by atoms with Crippen molar-refractivity contribution in [1.29, 1.82) is 0 Å². The molecule has 0 saturated carbocycles. The normalized spacial score (nSPS) is 16.2. The number of hydrogen-bond donors (Lipinski definition) is 2. The van der Waals surface area contributed by atoms with Crippen LogP contribution in [0.1, 0.15) is 25.1 Å². The second kappa shape index (κ2) is 8.28. The number of esters is 1. The highest BCUT2D eigenvalue weighted by Gasteiger charge is 2.30. The summed E-state index contributed by atoms with van der Waals surface area (Å²) in [5, 5.41) is 6.33. The average molecular weight is 408 g/mol. The average Bonchev–Trinajstić information content (AvgIpc) is 3.17. The molecule has 2 amide bonds. The number of para-hydroxylation sites is 3. The summed E-state index contributed by atoms with van der Waals surface area (Å²) in [7, 11) is 0. The van der Waals surface area contributed by atoms with Gasteiger partial charge < -0.3 is 24.5 Å². The van der Waals surface area contributed by atoms with Crippen molar-refractivity contribution in [3.05, 3.63) is 60.4 Å². The molecule has 8 nitrogen and oxygen atoms in total. The van der Waals surface area contributed by atoms with E-state index in [2.05, 4.69) is 10.6 Å². The lowest BCUT2D eigenvalue weighted by atomic mass is 10.1. The quantitative estimate of drug-likeness (QED) is 0.608. The monoisotopic (exact) mass is 408 g/mol. The molecule has 4 rings (SSSR count). The fourth-order valence-electron chi connectivity index (χ4n) is 3.15. The minimum atomic E-state index is -1.01. The zero-order chi connectivity index (χ0) is 21.1. The first-order chi connectivity index (χ1) is 14.5. The Morgan fingerprint density at radius 1 is 1.17 bits per heavy atom. The van der Waals surface area contributed by atoms with Crippen LogP contribution in [0.5, 0.6) is 5.75 Å². The predicted octanol–water partition coefficient (Wildman–Crippen LogP) is 2.94. The molecular weight excluding hydrogens is 388 g/mol. The van der Waals surface area contributed by atoms with Crippen molar-refractivity contribution < 1.29 is 28.3 Å². The molecule has 154 valence electrons. The minimum absolute atomic E-state index is 0.299. The van der Waals surface area contributed by atoms with E-state index in [0.717, 1.165) is 11.0 Å². The smallest absolute Gasteiger partial charge is 0.310 e. The fourth-order valence-corrected chi connectivity index (χ4v) is 3.15. The van der Waals surface area contributed by atoms with E-state index in [-0.39, 0.29) is 6.42 Å². The molecule has 0 fully saturated rings. The number of carbonyl (C=O) groups excluding carboxylic acids is 3. The Kier molecular flexibility index (Phi) is 5.38. The van der Waals surface area contributed by atoms with E-state index < -0.39 is 36.5 Å². The zero-order valence-corrected chi connectivity index (χ0v) is 16.2. The summed E-state index contributed by atoms with van der Waals surface area (Å²) < 4.78 is 16.3. The Balaban J connectivity index is 1.26. The van der Waals surface area contributed by atoms with Crippen LogP contribution in [0.15, 0.2) is 59.0 Å². The second-order valence-corrected chi connectivity index (χ2v) is 6.93. The fraction of sp³-hybridized carbons (Fsp3) is 0.227. The van der Waals surface area contributed by atoms with Crippen molar-refractivity contribution in [1.82, 2.24) is 5.32 Å².